The van der Waals surface area contributed by atoms with Gasteiger partial charge >= 0.3 is 0 Å². The van der Waals surface area contributed by atoms with Crippen LogP contribution < -0.4 is 5.32 Å². The fourth-order valence-electron chi connectivity index (χ4n) is 2.97. The van der Waals surface area contributed by atoms with Crippen molar-refractivity contribution < 1.29 is 8.42 Å². The van der Waals surface area contributed by atoms with Gasteiger partial charge in [-0.15, -0.1) is 0 Å². The molecular formula is C17H27NO2S. The van der Waals surface area contributed by atoms with Crippen molar-refractivity contribution in [3.05, 3.63) is 29.8 Å². The van der Waals surface area contributed by atoms with Gasteiger partial charge in [-0.2, -0.15) is 0 Å². The highest BCUT2D eigenvalue weighted by molar-refractivity contribution is 7.91. The number of sulfone groups is 1. The molecule has 1 aromatic rings. The smallest absolute Gasteiger partial charge is 0.150 e. The van der Waals surface area contributed by atoms with Gasteiger partial charge in [0.25, 0.3) is 0 Å². The second-order valence-electron chi connectivity index (χ2n) is 7.29. The van der Waals surface area contributed by atoms with E-state index in [4.69, 9.17) is 0 Å². The molecule has 0 radical (unpaired) electrons. The summed E-state index contributed by atoms with van der Waals surface area (Å²) < 4.78 is 23.4. The van der Waals surface area contributed by atoms with Crippen molar-refractivity contribution in [1.82, 2.24) is 0 Å². The summed E-state index contributed by atoms with van der Waals surface area (Å²) in [6.07, 6.45) is 4.92. The van der Waals surface area contributed by atoms with Crippen molar-refractivity contribution in [2.24, 2.45) is 0 Å². The molecule has 0 bridgehead atoms. The first-order chi connectivity index (χ1) is 9.66. The molecule has 1 N–H and O–H groups in total. The van der Waals surface area contributed by atoms with E-state index < -0.39 is 9.84 Å². The lowest BCUT2D eigenvalue weighted by Gasteiger charge is -2.29. The zero-order valence-corrected chi connectivity index (χ0v) is 14.3. The van der Waals surface area contributed by atoms with Gasteiger partial charge in [0.15, 0.2) is 0 Å². The number of rotatable bonds is 3. The molecule has 1 aliphatic rings. The van der Waals surface area contributed by atoms with E-state index in [1.807, 2.05) is 0 Å². The van der Waals surface area contributed by atoms with Gasteiger partial charge in [0, 0.05) is 18.0 Å². The first-order valence-corrected chi connectivity index (χ1v) is 9.67. The Bertz CT molecular complexity index is 570. The zero-order valence-electron chi connectivity index (χ0n) is 13.5. The third-order valence-electron chi connectivity index (χ3n) is 4.35. The van der Waals surface area contributed by atoms with Crippen LogP contribution in [0, 0.1) is 0 Å². The maximum Gasteiger partial charge on any atom is 0.150 e. The molecule has 3 nitrogen and oxygen atoms in total. The molecule has 2 rings (SSSR count). The summed E-state index contributed by atoms with van der Waals surface area (Å²) in [6, 6.07) is 8.77. The van der Waals surface area contributed by atoms with Crippen molar-refractivity contribution in [1.29, 1.82) is 0 Å². The maximum absolute atomic E-state index is 11.7. The van der Waals surface area contributed by atoms with Gasteiger partial charge in [-0.05, 0) is 42.4 Å². The third kappa shape index (κ3) is 4.47. The Labute approximate surface area is 129 Å². The van der Waals surface area contributed by atoms with Crippen molar-refractivity contribution >= 4 is 15.5 Å². The number of nitrogens with one attached hydrogen (secondary N) is 1. The Hall–Kier alpha value is -1.03. The molecule has 1 aliphatic carbocycles. The highest BCUT2D eigenvalue weighted by Crippen LogP contribution is 2.28. The van der Waals surface area contributed by atoms with Crippen LogP contribution in [0.15, 0.2) is 24.3 Å². The lowest BCUT2D eigenvalue weighted by Crippen LogP contribution is -2.34. The van der Waals surface area contributed by atoms with Crippen LogP contribution in [0.1, 0.15) is 52.0 Å². The fourth-order valence-corrected chi connectivity index (χ4v) is 4.14. The number of benzene rings is 1. The molecule has 0 aliphatic heterocycles. The molecule has 2 unspecified atom stereocenters. The van der Waals surface area contributed by atoms with E-state index in [-0.39, 0.29) is 16.7 Å². The fraction of sp³-hybridized carbons (Fsp3) is 0.647. The van der Waals surface area contributed by atoms with E-state index in [1.54, 1.807) is 0 Å². The van der Waals surface area contributed by atoms with Crippen molar-refractivity contribution in [2.45, 2.75) is 63.2 Å². The van der Waals surface area contributed by atoms with E-state index in [0.717, 1.165) is 31.4 Å². The van der Waals surface area contributed by atoms with Crippen LogP contribution in [0.2, 0.25) is 0 Å². The predicted molar refractivity (Wildman–Crippen MR) is 89.7 cm³/mol. The summed E-state index contributed by atoms with van der Waals surface area (Å²) >= 11 is 0. The largest absolute Gasteiger partial charge is 0.382 e. The Morgan fingerprint density at radius 2 is 1.71 bits per heavy atom. The quantitative estimate of drug-likeness (QED) is 0.925. The maximum atomic E-state index is 11.7. The number of hydrogen-bond acceptors (Lipinski definition) is 3. The summed E-state index contributed by atoms with van der Waals surface area (Å²) in [5, 5.41) is 3.31. The van der Waals surface area contributed by atoms with Crippen LogP contribution in [0.3, 0.4) is 0 Å². The summed E-state index contributed by atoms with van der Waals surface area (Å²) in [7, 11) is -2.92. The summed E-state index contributed by atoms with van der Waals surface area (Å²) in [4.78, 5) is 0. The Morgan fingerprint density at radius 1 is 1.10 bits per heavy atom. The number of anilines is 1. The Morgan fingerprint density at radius 3 is 2.24 bits per heavy atom. The van der Waals surface area contributed by atoms with Crippen molar-refractivity contribution in [3.8, 4) is 0 Å². The molecule has 1 aromatic carbocycles. The number of hydrogen-bond donors (Lipinski definition) is 1. The van der Waals surface area contributed by atoms with Crippen molar-refractivity contribution in [2.75, 3.05) is 11.6 Å². The zero-order chi connectivity index (χ0) is 15.7. The van der Waals surface area contributed by atoms with E-state index >= 15 is 0 Å². The second kappa shape index (κ2) is 5.99. The van der Waals surface area contributed by atoms with E-state index in [0.29, 0.717) is 0 Å². The molecule has 0 spiro atoms. The van der Waals surface area contributed by atoms with E-state index in [2.05, 4.69) is 50.4 Å². The molecule has 1 saturated carbocycles. The van der Waals surface area contributed by atoms with Gasteiger partial charge in [0.1, 0.15) is 9.84 Å². The first kappa shape index (κ1) is 16.3. The van der Waals surface area contributed by atoms with Gasteiger partial charge in [0.2, 0.25) is 0 Å². The molecule has 2 atom stereocenters. The average molecular weight is 309 g/mol. The molecule has 21 heavy (non-hydrogen) atoms. The van der Waals surface area contributed by atoms with Gasteiger partial charge < -0.3 is 5.32 Å². The highest BCUT2D eigenvalue weighted by atomic mass is 32.2. The summed E-state index contributed by atoms with van der Waals surface area (Å²) in [5.74, 6) is 0. The SMILES string of the molecule is CC(C)(C)c1ccc(NC2CCCC(S(C)(=O)=O)C2)cc1. The summed E-state index contributed by atoms with van der Waals surface area (Å²) in [6.45, 7) is 6.60. The standard InChI is InChI=1S/C17H27NO2S/c1-17(2,3)13-8-10-14(11-9-13)18-15-6-5-7-16(12-15)21(4,19)20/h8-11,15-16,18H,5-7,12H2,1-4H3. The van der Waals surface area contributed by atoms with Crippen LogP contribution in [-0.2, 0) is 15.3 Å². The van der Waals surface area contributed by atoms with E-state index in [9.17, 15) is 8.42 Å². The lowest BCUT2D eigenvalue weighted by atomic mass is 9.87. The van der Waals surface area contributed by atoms with Gasteiger partial charge in [-0.3, -0.25) is 0 Å². The minimum Gasteiger partial charge on any atom is -0.382 e. The Kier molecular flexibility index (Phi) is 4.66. The van der Waals surface area contributed by atoms with Gasteiger partial charge in [-0.1, -0.05) is 39.3 Å². The molecular weight excluding hydrogens is 282 g/mol. The molecule has 0 heterocycles. The minimum absolute atomic E-state index is 0.157. The van der Waals surface area contributed by atoms with Gasteiger partial charge in [-0.25, -0.2) is 8.42 Å². The molecule has 1 fully saturated rings. The van der Waals surface area contributed by atoms with Gasteiger partial charge in [0.05, 0.1) is 5.25 Å². The van der Waals surface area contributed by atoms with Crippen LogP contribution >= 0.6 is 0 Å². The van der Waals surface area contributed by atoms with Crippen LogP contribution in [0.25, 0.3) is 0 Å². The molecule has 0 saturated heterocycles. The normalized spacial score (nSPS) is 23.8. The molecule has 0 amide bonds. The molecule has 0 aromatic heterocycles. The van der Waals surface area contributed by atoms with Crippen LogP contribution in [-0.4, -0.2) is 26.0 Å². The van der Waals surface area contributed by atoms with Crippen LogP contribution in [0.5, 0.6) is 0 Å². The monoisotopic (exact) mass is 309 g/mol. The van der Waals surface area contributed by atoms with Crippen molar-refractivity contribution in [3.63, 3.8) is 0 Å². The highest BCUT2D eigenvalue weighted by Gasteiger charge is 2.28. The molecule has 4 heteroatoms. The Balaban J connectivity index is 2.01. The predicted octanol–water partition coefficient (Wildman–Crippen LogP) is 3.75. The third-order valence-corrected chi connectivity index (χ3v) is 5.99. The van der Waals surface area contributed by atoms with Crippen LogP contribution in [0.4, 0.5) is 5.69 Å². The lowest BCUT2D eigenvalue weighted by molar-refractivity contribution is 0.453. The topological polar surface area (TPSA) is 46.2 Å². The summed E-state index contributed by atoms with van der Waals surface area (Å²) in [5.41, 5.74) is 2.55. The van der Waals surface area contributed by atoms with E-state index in [1.165, 1.54) is 11.8 Å². The minimum atomic E-state index is -2.92. The average Bonchev–Trinajstić information content (AvgIpc) is 2.37. The second-order valence-corrected chi connectivity index (χ2v) is 9.61. The molecule has 118 valence electrons. The first-order valence-electron chi connectivity index (χ1n) is 7.72.